The number of allylic oxidation sites excluding steroid dienone is 16. The lowest BCUT2D eigenvalue weighted by Crippen LogP contribution is -2.30. The molecule has 0 amide bonds. The molecule has 0 heterocycles. The molecule has 0 rings (SSSR count). The van der Waals surface area contributed by atoms with Crippen molar-refractivity contribution >= 4 is 17.9 Å². The summed E-state index contributed by atoms with van der Waals surface area (Å²) in [6, 6.07) is 0. The minimum atomic E-state index is -0.778. The molecule has 0 aliphatic heterocycles. The van der Waals surface area contributed by atoms with Crippen molar-refractivity contribution in [2.45, 2.75) is 316 Å². The van der Waals surface area contributed by atoms with E-state index in [1.54, 1.807) is 0 Å². The second-order valence-corrected chi connectivity index (χ2v) is 21.3. The zero-order valence-electron chi connectivity index (χ0n) is 50.0. The van der Waals surface area contributed by atoms with Crippen LogP contribution in [-0.2, 0) is 28.6 Å². The maximum atomic E-state index is 12.8. The Morgan fingerprint density at radius 2 is 0.513 bits per heavy atom. The normalized spacial score (nSPS) is 12.7. The number of unbranched alkanes of at least 4 members (excludes halogenated alkanes) is 31. The van der Waals surface area contributed by atoms with Crippen LogP contribution in [0.5, 0.6) is 0 Å². The van der Waals surface area contributed by atoms with Gasteiger partial charge in [-0.25, -0.2) is 0 Å². The second-order valence-electron chi connectivity index (χ2n) is 21.3. The first kappa shape index (κ1) is 72.3. The van der Waals surface area contributed by atoms with Crippen LogP contribution in [0, 0.1) is 0 Å². The first-order chi connectivity index (χ1) is 37.5. The molecule has 0 bridgehead atoms. The third-order valence-electron chi connectivity index (χ3n) is 13.8. The molecule has 0 spiro atoms. The predicted molar refractivity (Wildman–Crippen MR) is 330 cm³/mol. The third-order valence-corrected chi connectivity index (χ3v) is 13.8. The summed E-state index contributed by atoms with van der Waals surface area (Å²) in [5.41, 5.74) is 0. The van der Waals surface area contributed by atoms with Gasteiger partial charge in [0.15, 0.2) is 6.10 Å². The van der Waals surface area contributed by atoms with Crippen LogP contribution in [0.25, 0.3) is 0 Å². The van der Waals surface area contributed by atoms with Gasteiger partial charge in [0.25, 0.3) is 0 Å². The van der Waals surface area contributed by atoms with Gasteiger partial charge in [-0.3, -0.25) is 14.4 Å². The molecule has 0 aromatic heterocycles. The third kappa shape index (κ3) is 61.2. The van der Waals surface area contributed by atoms with Gasteiger partial charge in [-0.15, -0.1) is 0 Å². The molecular formula is C70H120O6. The van der Waals surface area contributed by atoms with Crippen molar-refractivity contribution in [1.82, 2.24) is 0 Å². The first-order valence-corrected chi connectivity index (χ1v) is 32.2. The highest BCUT2D eigenvalue weighted by atomic mass is 16.6. The molecule has 0 saturated heterocycles. The number of hydrogen-bond donors (Lipinski definition) is 0. The summed E-state index contributed by atoms with van der Waals surface area (Å²) in [5.74, 6) is -0.879. The van der Waals surface area contributed by atoms with Crippen LogP contribution in [0.1, 0.15) is 310 Å². The molecule has 0 radical (unpaired) electrons. The van der Waals surface area contributed by atoms with Crippen molar-refractivity contribution < 1.29 is 28.6 Å². The van der Waals surface area contributed by atoms with E-state index in [4.69, 9.17) is 14.2 Å². The predicted octanol–water partition coefficient (Wildman–Crippen LogP) is 22.0. The molecule has 1 atom stereocenters. The molecule has 0 aliphatic carbocycles. The van der Waals surface area contributed by atoms with E-state index in [0.29, 0.717) is 19.3 Å². The van der Waals surface area contributed by atoms with Gasteiger partial charge in [-0.05, 0) is 103 Å². The number of carbonyl (C=O) groups is 3. The van der Waals surface area contributed by atoms with Crippen molar-refractivity contribution in [3.05, 3.63) is 97.2 Å². The van der Waals surface area contributed by atoms with Gasteiger partial charge in [0.1, 0.15) is 13.2 Å². The largest absolute Gasteiger partial charge is 0.462 e. The standard InChI is InChI=1S/C70H120O6/c1-4-7-10-13-16-19-22-24-25-26-27-28-29-30-31-32-33-34-35-36-37-38-39-40-41-42-43-44-45-47-48-51-54-57-60-63-69(72)75-66-67(65-74-68(71)62-59-56-53-50-21-18-15-12-9-6-3)76-70(73)64-61-58-55-52-49-46-23-20-17-14-11-8-5-2/h7,10,16,19-20,23-25,27-28,30-31,33-34,36-37,67H,4-6,8-9,11-15,17-18,21-22,26,29,32,35,38-66H2,1-3H3/b10-7-,19-16-,23-20-,25-24-,28-27-,31-30-,34-33-,37-36-. The van der Waals surface area contributed by atoms with E-state index in [1.807, 2.05) is 0 Å². The summed E-state index contributed by atoms with van der Waals surface area (Å²) >= 11 is 0. The number of carbonyl (C=O) groups excluding carboxylic acids is 3. The van der Waals surface area contributed by atoms with Gasteiger partial charge < -0.3 is 14.2 Å². The van der Waals surface area contributed by atoms with Gasteiger partial charge in [0, 0.05) is 19.3 Å². The summed E-state index contributed by atoms with van der Waals surface area (Å²) in [6.07, 6.45) is 85.7. The van der Waals surface area contributed by atoms with Crippen molar-refractivity contribution in [2.24, 2.45) is 0 Å². The van der Waals surface area contributed by atoms with E-state index in [-0.39, 0.29) is 31.1 Å². The second kappa shape index (κ2) is 63.9. The van der Waals surface area contributed by atoms with E-state index in [0.717, 1.165) is 116 Å². The fourth-order valence-electron chi connectivity index (χ4n) is 9.01. The highest BCUT2D eigenvalue weighted by molar-refractivity contribution is 5.71. The molecule has 6 nitrogen and oxygen atoms in total. The van der Waals surface area contributed by atoms with Gasteiger partial charge in [0.2, 0.25) is 0 Å². The quantitative estimate of drug-likeness (QED) is 0.0261. The van der Waals surface area contributed by atoms with E-state index in [9.17, 15) is 14.4 Å². The number of ether oxygens (including phenoxy) is 3. The molecule has 0 saturated carbocycles. The van der Waals surface area contributed by atoms with Crippen molar-refractivity contribution in [2.75, 3.05) is 13.2 Å². The summed E-state index contributed by atoms with van der Waals surface area (Å²) in [7, 11) is 0. The average Bonchev–Trinajstić information content (AvgIpc) is 3.42. The van der Waals surface area contributed by atoms with Crippen LogP contribution in [0.3, 0.4) is 0 Å². The maximum absolute atomic E-state index is 12.8. The Morgan fingerprint density at radius 3 is 0.829 bits per heavy atom. The summed E-state index contributed by atoms with van der Waals surface area (Å²) in [6.45, 7) is 6.51. The molecule has 436 valence electrons. The number of rotatable bonds is 58. The molecular weight excluding hydrogens is 937 g/mol. The molecule has 1 unspecified atom stereocenters. The van der Waals surface area contributed by atoms with Gasteiger partial charge in [0.05, 0.1) is 0 Å². The van der Waals surface area contributed by atoms with E-state index in [2.05, 4.69) is 118 Å². The summed E-state index contributed by atoms with van der Waals surface area (Å²) < 4.78 is 16.9. The average molecular weight is 1060 g/mol. The Labute approximate surface area is 470 Å². The highest BCUT2D eigenvalue weighted by Crippen LogP contribution is 2.16. The Bertz CT molecular complexity index is 1490. The molecule has 0 aliphatic rings. The zero-order chi connectivity index (χ0) is 55.0. The lowest BCUT2D eigenvalue weighted by atomic mass is 10.0. The summed E-state index contributed by atoms with van der Waals surface area (Å²) in [4.78, 5) is 38.1. The molecule has 0 N–H and O–H groups in total. The maximum Gasteiger partial charge on any atom is 0.306 e. The van der Waals surface area contributed by atoms with Crippen LogP contribution < -0.4 is 0 Å². The highest BCUT2D eigenvalue weighted by Gasteiger charge is 2.19. The van der Waals surface area contributed by atoms with Crippen LogP contribution in [0.2, 0.25) is 0 Å². The fourth-order valence-corrected chi connectivity index (χ4v) is 9.01. The Hall–Kier alpha value is -3.67. The van der Waals surface area contributed by atoms with Crippen LogP contribution in [0.4, 0.5) is 0 Å². The van der Waals surface area contributed by atoms with Crippen molar-refractivity contribution in [3.8, 4) is 0 Å². The SMILES string of the molecule is CC/C=C\C/C=C\C/C=C\C/C=C\C/C=C\C/C=C\C/C=C\CCCCCCCCCCCCCCCC(=O)OCC(COC(=O)CCCCCCCCCCCC)OC(=O)CCCCCCC/C=C\CCCCCC. The minimum absolute atomic E-state index is 0.0765. The summed E-state index contributed by atoms with van der Waals surface area (Å²) in [5, 5.41) is 0. The molecule has 0 aromatic carbocycles. The van der Waals surface area contributed by atoms with E-state index >= 15 is 0 Å². The van der Waals surface area contributed by atoms with Gasteiger partial charge >= 0.3 is 17.9 Å². The Morgan fingerprint density at radius 1 is 0.276 bits per heavy atom. The first-order valence-electron chi connectivity index (χ1n) is 32.2. The lowest BCUT2D eigenvalue weighted by molar-refractivity contribution is -0.167. The Balaban J connectivity index is 4.09. The van der Waals surface area contributed by atoms with Gasteiger partial charge in [-0.2, -0.15) is 0 Å². The van der Waals surface area contributed by atoms with Crippen LogP contribution in [0.15, 0.2) is 97.2 Å². The molecule has 0 aromatic rings. The number of hydrogen-bond acceptors (Lipinski definition) is 6. The zero-order valence-corrected chi connectivity index (χ0v) is 50.0. The molecule has 0 fully saturated rings. The van der Waals surface area contributed by atoms with Gasteiger partial charge in [-0.1, -0.05) is 285 Å². The van der Waals surface area contributed by atoms with E-state index < -0.39 is 6.10 Å². The van der Waals surface area contributed by atoms with Crippen LogP contribution in [-0.4, -0.2) is 37.2 Å². The fraction of sp³-hybridized carbons (Fsp3) is 0.729. The van der Waals surface area contributed by atoms with Crippen molar-refractivity contribution in [3.63, 3.8) is 0 Å². The van der Waals surface area contributed by atoms with Crippen molar-refractivity contribution in [1.29, 1.82) is 0 Å². The lowest BCUT2D eigenvalue weighted by Gasteiger charge is -2.18. The number of esters is 3. The Kier molecular flexibility index (Phi) is 60.8. The molecule has 76 heavy (non-hydrogen) atoms. The van der Waals surface area contributed by atoms with Crippen LogP contribution >= 0.6 is 0 Å². The monoisotopic (exact) mass is 1060 g/mol. The smallest absolute Gasteiger partial charge is 0.306 e. The minimum Gasteiger partial charge on any atom is -0.462 e. The molecule has 6 heteroatoms. The van der Waals surface area contributed by atoms with E-state index in [1.165, 1.54) is 154 Å². The topological polar surface area (TPSA) is 78.9 Å².